The molecule has 1 atom stereocenters. The molecule has 0 bridgehead atoms. The molecule has 24 heavy (non-hydrogen) atoms. The number of nitrogens with two attached hydrogens (primary N) is 1. The average molecular weight is 400 g/mol. The molecule has 0 amide bonds. The Bertz CT molecular complexity index is 667. The molecule has 1 aromatic rings. The van der Waals surface area contributed by atoms with Crippen molar-refractivity contribution < 1.29 is 16.8 Å². The quantitative estimate of drug-likeness (QED) is 0.509. The first-order valence-corrected chi connectivity index (χ1v) is 10.7. The fourth-order valence-corrected chi connectivity index (χ4v) is 4.37. The van der Waals surface area contributed by atoms with Gasteiger partial charge in [0.05, 0.1) is 10.6 Å². The maximum atomic E-state index is 12.0. The Morgan fingerprint density at radius 3 is 2.29 bits per heavy atom. The molecule has 7 nitrogen and oxygen atoms in total. The van der Waals surface area contributed by atoms with Gasteiger partial charge in [-0.05, 0) is 18.6 Å². The number of hydrogen-bond acceptors (Lipinski definition) is 5. The number of sulfonamides is 2. The molecular weight excluding hydrogens is 374 g/mol. The third-order valence-electron chi connectivity index (χ3n) is 3.25. The number of benzene rings is 1. The van der Waals surface area contributed by atoms with Crippen molar-refractivity contribution in [3.05, 3.63) is 30.3 Å². The van der Waals surface area contributed by atoms with Crippen LogP contribution in [0.25, 0.3) is 0 Å². The number of hydrogen-bond donors (Lipinski definition) is 3. The summed E-state index contributed by atoms with van der Waals surface area (Å²) in [4.78, 5) is 0.105. The zero-order valence-corrected chi connectivity index (χ0v) is 16.1. The number of unbranched alkanes of at least 4 members (excludes halogenated alkanes) is 1. The Labute approximate surface area is 150 Å². The topological polar surface area (TPSA) is 118 Å². The summed E-state index contributed by atoms with van der Waals surface area (Å²) in [6, 6.07) is 7.50. The second-order valence-corrected chi connectivity index (χ2v) is 8.86. The first kappa shape index (κ1) is 23.3. The standard InChI is InChI=1S/C14H25N3O4S2.ClH/c1-2-3-7-13(12-15)17-22(18,19)11-10-16-23(20,21)14-8-5-4-6-9-14;/h4-6,8-9,13,16-17H,2-3,7,10-12,15H2,1H3;1H. The van der Waals surface area contributed by atoms with Crippen LogP contribution in [0.5, 0.6) is 0 Å². The highest BCUT2D eigenvalue weighted by molar-refractivity contribution is 7.90. The molecule has 0 aliphatic carbocycles. The van der Waals surface area contributed by atoms with Crippen LogP contribution in [0.15, 0.2) is 35.2 Å². The predicted octanol–water partition coefficient (Wildman–Crippen LogP) is 0.824. The van der Waals surface area contributed by atoms with Gasteiger partial charge in [-0.25, -0.2) is 26.3 Å². The van der Waals surface area contributed by atoms with Crippen molar-refractivity contribution in [2.45, 2.75) is 37.1 Å². The minimum atomic E-state index is -3.70. The van der Waals surface area contributed by atoms with Crippen LogP contribution >= 0.6 is 12.4 Å². The molecule has 0 saturated heterocycles. The van der Waals surface area contributed by atoms with E-state index in [1.54, 1.807) is 18.2 Å². The van der Waals surface area contributed by atoms with Gasteiger partial charge in [0.2, 0.25) is 20.0 Å². The maximum Gasteiger partial charge on any atom is 0.240 e. The van der Waals surface area contributed by atoms with Gasteiger partial charge in [-0.3, -0.25) is 0 Å². The summed E-state index contributed by atoms with van der Waals surface area (Å²) in [6.45, 7) is 2.03. The second-order valence-electron chi connectivity index (χ2n) is 5.22. The van der Waals surface area contributed by atoms with Crippen LogP contribution in [0.2, 0.25) is 0 Å². The minimum absolute atomic E-state index is 0. The molecule has 0 heterocycles. The van der Waals surface area contributed by atoms with Crippen LogP contribution in [-0.2, 0) is 20.0 Å². The van der Waals surface area contributed by atoms with Crippen LogP contribution in [-0.4, -0.2) is 41.7 Å². The van der Waals surface area contributed by atoms with E-state index in [4.69, 9.17) is 5.73 Å². The fourth-order valence-electron chi connectivity index (χ4n) is 1.98. The Morgan fingerprint density at radius 2 is 1.75 bits per heavy atom. The van der Waals surface area contributed by atoms with Crippen molar-refractivity contribution in [3.8, 4) is 0 Å². The van der Waals surface area contributed by atoms with Gasteiger partial charge in [0.25, 0.3) is 0 Å². The maximum absolute atomic E-state index is 12.0. The van der Waals surface area contributed by atoms with Gasteiger partial charge in [0.15, 0.2) is 0 Å². The van der Waals surface area contributed by atoms with E-state index in [1.165, 1.54) is 12.1 Å². The van der Waals surface area contributed by atoms with E-state index in [1.807, 2.05) is 6.92 Å². The first-order valence-electron chi connectivity index (χ1n) is 7.55. The molecular formula is C14H26ClN3O4S2. The van der Waals surface area contributed by atoms with Gasteiger partial charge >= 0.3 is 0 Å². The van der Waals surface area contributed by atoms with E-state index in [-0.39, 0.29) is 42.2 Å². The summed E-state index contributed by atoms with van der Waals surface area (Å²) in [7, 11) is -7.28. The predicted molar refractivity (Wildman–Crippen MR) is 98.2 cm³/mol. The zero-order valence-electron chi connectivity index (χ0n) is 13.6. The van der Waals surface area contributed by atoms with Crippen LogP contribution in [0.4, 0.5) is 0 Å². The molecule has 1 rings (SSSR count). The molecule has 10 heteroatoms. The van der Waals surface area contributed by atoms with Crippen LogP contribution in [0.1, 0.15) is 26.2 Å². The lowest BCUT2D eigenvalue weighted by molar-refractivity contribution is 0.516. The van der Waals surface area contributed by atoms with Crippen molar-refractivity contribution in [1.29, 1.82) is 0 Å². The molecule has 0 aliphatic heterocycles. The summed E-state index contributed by atoms with van der Waals surface area (Å²) < 4.78 is 52.8. The minimum Gasteiger partial charge on any atom is -0.329 e. The molecule has 140 valence electrons. The molecule has 4 N–H and O–H groups in total. The second kappa shape index (κ2) is 11.0. The van der Waals surface area contributed by atoms with Gasteiger partial charge in [-0.1, -0.05) is 38.0 Å². The molecule has 0 aromatic heterocycles. The molecule has 1 aromatic carbocycles. The van der Waals surface area contributed by atoms with E-state index in [0.29, 0.717) is 6.42 Å². The molecule has 0 radical (unpaired) electrons. The summed E-state index contributed by atoms with van der Waals surface area (Å²) >= 11 is 0. The first-order chi connectivity index (χ1) is 10.8. The van der Waals surface area contributed by atoms with Crippen molar-refractivity contribution >= 4 is 32.5 Å². The average Bonchev–Trinajstić information content (AvgIpc) is 2.51. The van der Waals surface area contributed by atoms with Gasteiger partial charge in [0.1, 0.15) is 0 Å². The summed E-state index contributed by atoms with van der Waals surface area (Å²) in [5.41, 5.74) is 5.56. The highest BCUT2D eigenvalue weighted by Crippen LogP contribution is 2.07. The van der Waals surface area contributed by atoms with Crippen LogP contribution in [0.3, 0.4) is 0 Å². The van der Waals surface area contributed by atoms with E-state index in [0.717, 1.165) is 12.8 Å². The highest BCUT2D eigenvalue weighted by Gasteiger charge is 2.18. The summed E-state index contributed by atoms with van der Waals surface area (Å²) in [5.74, 6) is -0.332. The Kier molecular flexibility index (Phi) is 10.7. The van der Waals surface area contributed by atoms with E-state index >= 15 is 0 Å². The molecule has 1 unspecified atom stereocenters. The van der Waals surface area contributed by atoms with Gasteiger partial charge < -0.3 is 5.73 Å². The van der Waals surface area contributed by atoms with E-state index in [9.17, 15) is 16.8 Å². The van der Waals surface area contributed by atoms with Gasteiger partial charge in [-0.2, -0.15) is 0 Å². The molecule has 0 fully saturated rings. The van der Waals surface area contributed by atoms with Gasteiger partial charge in [-0.15, -0.1) is 12.4 Å². The van der Waals surface area contributed by atoms with Crippen LogP contribution < -0.4 is 15.2 Å². The Morgan fingerprint density at radius 1 is 1.12 bits per heavy atom. The smallest absolute Gasteiger partial charge is 0.240 e. The summed E-state index contributed by atoms with van der Waals surface area (Å²) in [5, 5.41) is 0. The van der Waals surface area contributed by atoms with E-state index < -0.39 is 20.0 Å². The van der Waals surface area contributed by atoms with Crippen molar-refractivity contribution in [1.82, 2.24) is 9.44 Å². The monoisotopic (exact) mass is 399 g/mol. The third kappa shape index (κ3) is 8.41. The molecule has 0 spiro atoms. The van der Waals surface area contributed by atoms with E-state index in [2.05, 4.69) is 9.44 Å². The Hall–Kier alpha value is -0.710. The highest BCUT2D eigenvalue weighted by atomic mass is 35.5. The van der Waals surface area contributed by atoms with Crippen molar-refractivity contribution in [2.75, 3.05) is 18.8 Å². The number of rotatable bonds is 11. The molecule has 0 saturated carbocycles. The van der Waals surface area contributed by atoms with Crippen LogP contribution in [0, 0.1) is 0 Å². The lowest BCUT2D eigenvalue weighted by Gasteiger charge is -2.16. The van der Waals surface area contributed by atoms with Gasteiger partial charge in [0, 0.05) is 19.1 Å². The lowest BCUT2D eigenvalue weighted by atomic mass is 10.1. The summed E-state index contributed by atoms with van der Waals surface area (Å²) in [6.07, 6.45) is 2.50. The SMILES string of the molecule is CCCCC(CN)NS(=O)(=O)CCNS(=O)(=O)c1ccccc1.Cl. The normalized spacial score (nSPS) is 13.2. The lowest BCUT2D eigenvalue weighted by Crippen LogP contribution is -2.43. The fraction of sp³-hybridized carbons (Fsp3) is 0.571. The largest absolute Gasteiger partial charge is 0.329 e. The number of halogens is 1. The third-order valence-corrected chi connectivity index (χ3v) is 6.16. The zero-order chi connectivity index (χ0) is 17.3. The molecule has 0 aliphatic rings. The number of nitrogens with one attached hydrogen (secondary N) is 2. The van der Waals surface area contributed by atoms with Crippen molar-refractivity contribution in [2.24, 2.45) is 5.73 Å². The van der Waals surface area contributed by atoms with Crippen molar-refractivity contribution in [3.63, 3.8) is 0 Å². The Balaban J connectivity index is 0.00000529.